The number of hydrogen-bond donors (Lipinski definition) is 1. The van der Waals surface area contributed by atoms with Crippen LogP contribution in [-0.4, -0.2) is 62.8 Å². The average molecular weight is 249 g/mol. The van der Waals surface area contributed by atoms with Crippen molar-refractivity contribution in [3.8, 4) is 5.75 Å². The molecule has 0 aliphatic carbocycles. The topological polar surface area (TPSA) is 27.7 Å². The summed E-state index contributed by atoms with van der Waals surface area (Å²) < 4.78 is 6.04. The Hall–Kier alpha value is -1.10. The van der Waals surface area contributed by atoms with Crippen LogP contribution >= 0.6 is 0 Å². The fourth-order valence-electron chi connectivity index (χ4n) is 2.02. The van der Waals surface area contributed by atoms with E-state index >= 15 is 0 Å². The second kappa shape index (κ2) is 6.73. The fourth-order valence-corrected chi connectivity index (χ4v) is 2.02. The molecule has 0 bridgehead atoms. The summed E-state index contributed by atoms with van der Waals surface area (Å²) >= 11 is 0. The first-order valence-corrected chi connectivity index (χ1v) is 6.57. The molecule has 4 heteroatoms. The average Bonchev–Trinajstić information content (AvgIpc) is 2.46. The Morgan fingerprint density at radius 3 is 2.67 bits per heavy atom. The van der Waals surface area contributed by atoms with Crippen molar-refractivity contribution in [1.82, 2.24) is 15.1 Å². The molecule has 1 unspecified atom stereocenters. The summed E-state index contributed by atoms with van der Waals surface area (Å²) in [5, 5.41) is 3.45. The summed E-state index contributed by atoms with van der Waals surface area (Å²) in [6.45, 7) is 5.06. The molecule has 1 fully saturated rings. The normalized spacial score (nSPS) is 24.0. The van der Waals surface area contributed by atoms with Crippen LogP contribution in [0, 0.1) is 0 Å². The maximum atomic E-state index is 6.04. The number of nitrogens with one attached hydrogen (secondary N) is 1. The number of hydrogen-bond acceptors (Lipinski definition) is 4. The lowest BCUT2D eigenvalue weighted by Gasteiger charge is -2.28. The zero-order valence-corrected chi connectivity index (χ0v) is 11.3. The molecular formula is C14H23N3O. The molecule has 1 N–H and O–H groups in total. The molecular weight excluding hydrogens is 226 g/mol. The Morgan fingerprint density at radius 1 is 1.11 bits per heavy atom. The molecule has 1 aliphatic rings. The lowest BCUT2D eigenvalue weighted by molar-refractivity contribution is 0.0454. The number of ether oxygens (including phenoxy) is 1. The van der Waals surface area contributed by atoms with Gasteiger partial charge in [0.15, 0.2) is 6.23 Å². The van der Waals surface area contributed by atoms with Crippen LogP contribution in [0.25, 0.3) is 0 Å². The van der Waals surface area contributed by atoms with Crippen LogP contribution in [0.15, 0.2) is 30.3 Å². The Labute approximate surface area is 110 Å². The highest BCUT2D eigenvalue weighted by Gasteiger charge is 2.18. The van der Waals surface area contributed by atoms with Crippen molar-refractivity contribution >= 4 is 0 Å². The van der Waals surface area contributed by atoms with Crippen molar-refractivity contribution in [2.24, 2.45) is 0 Å². The second-order valence-corrected chi connectivity index (χ2v) is 4.87. The van der Waals surface area contributed by atoms with Gasteiger partial charge in [-0.25, -0.2) is 0 Å². The SMILES string of the molecule is CN1CCNCC(Oc2ccccc2)N(C)CC1. The van der Waals surface area contributed by atoms with Crippen LogP contribution in [0.1, 0.15) is 0 Å². The minimum atomic E-state index is 0.0962. The van der Waals surface area contributed by atoms with E-state index in [1.165, 1.54) is 0 Å². The van der Waals surface area contributed by atoms with Crippen molar-refractivity contribution < 1.29 is 4.74 Å². The molecule has 1 aromatic carbocycles. The van der Waals surface area contributed by atoms with Gasteiger partial charge in [-0.2, -0.15) is 0 Å². The third-order valence-corrected chi connectivity index (χ3v) is 3.33. The predicted molar refractivity (Wildman–Crippen MR) is 73.9 cm³/mol. The number of rotatable bonds is 2. The lowest BCUT2D eigenvalue weighted by Crippen LogP contribution is -2.44. The third kappa shape index (κ3) is 3.98. The molecule has 0 aromatic heterocycles. The van der Waals surface area contributed by atoms with E-state index in [4.69, 9.17) is 4.74 Å². The van der Waals surface area contributed by atoms with Gasteiger partial charge in [0.25, 0.3) is 0 Å². The van der Waals surface area contributed by atoms with E-state index in [1.54, 1.807) is 0 Å². The highest BCUT2D eigenvalue weighted by atomic mass is 16.5. The van der Waals surface area contributed by atoms with Crippen molar-refractivity contribution in [2.45, 2.75) is 6.23 Å². The minimum Gasteiger partial charge on any atom is -0.474 e. The summed E-state index contributed by atoms with van der Waals surface area (Å²) in [5.74, 6) is 0.934. The zero-order chi connectivity index (χ0) is 12.8. The molecule has 4 nitrogen and oxygen atoms in total. The summed E-state index contributed by atoms with van der Waals surface area (Å²) in [4.78, 5) is 4.61. The van der Waals surface area contributed by atoms with Gasteiger partial charge in [0, 0.05) is 32.7 Å². The first kappa shape index (κ1) is 13.3. The van der Waals surface area contributed by atoms with E-state index in [2.05, 4.69) is 29.2 Å². The number of benzene rings is 1. The molecule has 1 heterocycles. The highest BCUT2D eigenvalue weighted by Crippen LogP contribution is 2.12. The molecule has 18 heavy (non-hydrogen) atoms. The molecule has 1 atom stereocenters. The van der Waals surface area contributed by atoms with Gasteiger partial charge in [-0.1, -0.05) is 18.2 Å². The largest absolute Gasteiger partial charge is 0.474 e. The van der Waals surface area contributed by atoms with E-state index in [1.807, 2.05) is 30.3 Å². The fraction of sp³-hybridized carbons (Fsp3) is 0.571. The Kier molecular flexibility index (Phi) is 4.99. The van der Waals surface area contributed by atoms with Gasteiger partial charge in [-0.3, -0.25) is 4.90 Å². The second-order valence-electron chi connectivity index (χ2n) is 4.87. The molecule has 0 radical (unpaired) electrons. The number of likely N-dealkylation sites (N-methyl/N-ethyl adjacent to an activating group) is 2. The van der Waals surface area contributed by atoms with E-state index in [9.17, 15) is 0 Å². The summed E-state index contributed by atoms with van der Waals surface area (Å²) in [7, 11) is 4.28. The van der Waals surface area contributed by atoms with Gasteiger partial charge in [0.2, 0.25) is 0 Å². The molecule has 100 valence electrons. The minimum absolute atomic E-state index is 0.0962. The summed E-state index contributed by atoms with van der Waals surface area (Å²) in [6.07, 6.45) is 0.0962. The molecule has 2 rings (SSSR count). The van der Waals surface area contributed by atoms with Gasteiger partial charge in [0.05, 0.1) is 0 Å². The first-order valence-electron chi connectivity index (χ1n) is 6.57. The molecule has 1 aliphatic heterocycles. The van der Waals surface area contributed by atoms with Gasteiger partial charge in [-0.05, 0) is 26.2 Å². The number of nitrogens with zero attached hydrogens (tertiary/aromatic N) is 2. The Balaban J connectivity index is 1.96. The van der Waals surface area contributed by atoms with Crippen molar-refractivity contribution in [3.63, 3.8) is 0 Å². The van der Waals surface area contributed by atoms with Crippen molar-refractivity contribution in [3.05, 3.63) is 30.3 Å². The van der Waals surface area contributed by atoms with E-state index < -0.39 is 0 Å². The van der Waals surface area contributed by atoms with E-state index in [0.29, 0.717) is 0 Å². The predicted octanol–water partition coefficient (Wildman–Crippen LogP) is 0.858. The quantitative estimate of drug-likeness (QED) is 0.841. The van der Waals surface area contributed by atoms with Gasteiger partial charge in [-0.15, -0.1) is 0 Å². The Morgan fingerprint density at radius 2 is 1.89 bits per heavy atom. The molecule has 0 saturated carbocycles. The number of para-hydroxylation sites is 1. The van der Waals surface area contributed by atoms with Crippen LogP contribution in [0.4, 0.5) is 0 Å². The summed E-state index contributed by atoms with van der Waals surface area (Å²) in [5.41, 5.74) is 0. The Bertz CT molecular complexity index is 344. The highest BCUT2D eigenvalue weighted by molar-refractivity contribution is 5.21. The van der Waals surface area contributed by atoms with Crippen molar-refractivity contribution in [2.75, 3.05) is 46.8 Å². The monoisotopic (exact) mass is 249 g/mol. The molecule has 1 aromatic rings. The van der Waals surface area contributed by atoms with Crippen LogP contribution in [0.2, 0.25) is 0 Å². The maximum absolute atomic E-state index is 6.04. The van der Waals surface area contributed by atoms with Crippen LogP contribution in [0.3, 0.4) is 0 Å². The molecule has 1 saturated heterocycles. The van der Waals surface area contributed by atoms with Crippen LogP contribution < -0.4 is 10.1 Å². The van der Waals surface area contributed by atoms with Crippen LogP contribution in [0.5, 0.6) is 5.75 Å². The molecule has 0 spiro atoms. The van der Waals surface area contributed by atoms with Crippen molar-refractivity contribution in [1.29, 1.82) is 0 Å². The van der Waals surface area contributed by atoms with Gasteiger partial charge >= 0.3 is 0 Å². The standard InChI is InChI=1S/C14H23N3O/c1-16-9-8-15-12-14(17(2)11-10-16)18-13-6-4-3-5-7-13/h3-7,14-15H,8-12H2,1-2H3. The maximum Gasteiger partial charge on any atom is 0.165 e. The van der Waals surface area contributed by atoms with E-state index in [0.717, 1.165) is 38.5 Å². The lowest BCUT2D eigenvalue weighted by atomic mass is 10.3. The smallest absolute Gasteiger partial charge is 0.165 e. The zero-order valence-electron chi connectivity index (χ0n) is 11.3. The first-order chi connectivity index (χ1) is 8.75. The third-order valence-electron chi connectivity index (χ3n) is 3.33. The van der Waals surface area contributed by atoms with Gasteiger partial charge < -0.3 is 15.0 Å². The van der Waals surface area contributed by atoms with Gasteiger partial charge in [0.1, 0.15) is 5.75 Å². The summed E-state index contributed by atoms with van der Waals surface area (Å²) in [6, 6.07) is 10.0. The van der Waals surface area contributed by atoms with E-state index in [-0.39, 0.29) is 6.23 Å². The molecule has 0 amide bonds. The van der Waals surface area contributed by atoms with Crippen LogP contribution in [-0.2, 0) is 0 Å².